The number of nitrogens with zero attached hydrogens (tertiary/aromatic N) is 3. The Hall–Kier alpha value is -3.64. The van der Waals surface area contributed by atoms with Gasteiger partial charge in [0.25, 0.3) is 0 Å². The van der Waals surface area contributed by atoms with Crippen LogP contribution in [0.5, 0.6) is 0 Å². The Morgan fingerprint density at radius 3 is 2.27 bits per heavy atom. The van der Waals surface area contributed by atoms with Crippen molar-refractivity contribution in [2.24, 2.45) is 0 Å². The summed E-state index contributed by atoms with van der Waals surface area (Å²) in [5.41, 5.74) is 4.83. The third kappa shape index (κ3) is 4.50. The molecule has 0 spiro atoms. The molecule has 2 heterocycles. The van der Waals surface area contributed by atoms with Gasteiger partial charge in [-0.1, -0.05) is 18.2 Å². The van der Waals surface area contributed by atoms with Crippen molar-refractivity contribution in [2.75, 3.05) is 6.61 Å². The van der Waals surface area contributed by atoms with Gasteiger partial charge in [-0.2, -0.15) is 5.10 Å². The Morgan fingerprint density at radius 1 is 0.867 bits per heavy atom. The standard InChI is InChI=1S/C24H19F2N3O/c25-20-6-1-17(2-7-20)3-10-22-15-19(11-12-27-22)23-16-29(13-14-30)28-24(23)18-4-8-21(26)9-5-18/h1-12,15-16,30H,13-14H2. The molecule has 0 fully saturated rings. The molecule has 0 saturated carbocycles. The zero-order valence-corrected chi connectivity index (χ0v) is 16.0. The van der Waals surface area contributed by atoms with Crippen LogP contribution in [0.2, 0.25) is 0 Å². The van der Waals surface area contributed by atoms with Crippen LogP contribution in [0.15, 0.2) is 73.1 Å². The van der Waals surface area contributed by atoms with Crippen LogP contribution in [0.3, 0.4) is 0 Å². The van der Waals surface area contributed by atoms with E-state index in [-0.39, 0.29) is 18.2 Å². The second-order valence-electron chi connectivity index (χ2n) is 6.74. The fraction of sp³-hybridized carbons (Fsp3) is 0.0833. The molecule has 0 unspecified atom stereocenters. The number of aromatic nitrogens is 3. The number of aliphatic hydroxyl groups is 1. The van der Waals surface area contributed by atoms with Crippen molar-refractivity contribution < 1.29 is 13.9 Å². The van der Waals surface area contributed by atoms with E-state index in [1.165, 1.54) is 24.3 Å². The summed E-state index contributed by atoms with van der Waals surface area (Å²) in [6.45, 7) is 0.322. The smallest absolute Gasteiger partial charge is 0.123 e. The van der Waals surface area contributed by atoms with Crippen molar-refractivity contribution in [2.45, 2.75) is 6.54 Å². The van der Waals surface area contributed by atoms with E-state index in [9.17, 15) is 13.9 Å². The van der Waals surface area contributed by atoms with Gasteiger partial charge in [0.2, 0.25) is 0 Å². The highest BCUT2D eigenvalue weighted by atomic mass is 19.1. The lowest BCUT2D eigenvalue weighted by Crippen LogP contribution is -2.02. The van der Waals surface area contributed by atoms with Crippen molar-refractivity contribution in [3.8, 4) is 22.4 Å². The van der Waals surface area contributed by atoms with E-state index >= 15 is 0 Å². The van der Waals surface area contributed by atoms with Crippen LogP contribution >= 0.6 is 0 Å². The van der Waals surface area contributed by atoms with Gasteiger partial charge in [0.05, 0.1) is 18.8 Å². The third-order valence-corrected chi connectivity index (χ3v) is 4.62. The van der Waals surface area contributed by atoms with Gasteiger partial charge in [-0.05, 0) is 65.7 Å². The topological polar surface area (TPSA) is 50.9 Å². The van der Waals surface area contributed by atoms with Gasteiger partial charge < -0.3 is 5.11 Å². The number of hydrogen-bond donors (Lipinski definition) is 1. The molecule has 4 nitrogen and oxygen atoms in total. The zero-order chi connectivity index (χ0) is 20.9. The van der Waals surface area contributed by atoms with E-state index in [1.807, 2.05) is 30.5 Å². The van der Waals surface area contributed by atoms with Crippen molar-refractivity contribution in [1.29, 1.82) is 0 Å². The lowest BCUT2D eigenvalue weighted by molar-refractivity contribution is 0.269. The van der Waals surface area contributed by atoms with E-state index in [0.29, 0.717) is 12.2 Å². The Kier molecular flexibility index (Phi) is 5.77. The van der Waals surface area contributed by atoms with Gasteiger partial charge in [0, 0.05) is 23.5 Å². The summed E-state index contributed by atoms with van der Waals surface area (Å²) in [6, 6.07) is 16.2. The molecular formula is C24H19F2N3O. The summed E-state index contributed by atoms with van der Waals surface area (Å²) in [4.78, 5) is 4.38. The molecule has 0 radical (unpaired) electrons. The van der Waals surface area contributed by atoms with E-state index < -0.39 is 0 Å². The maximum absolute atomic E-state index is 13.4. The molecule has 0 atom stereocenters. The molecule has 1 N–H and O–H groups in total. The summed E-state index contributed by atoms with van der Waals surface area (Å²) in [6.07, 6.45) is 7.28. The average Bonchev–Trinajstić information content (AvgIpc) is 3.18. The number of halogens is 2. The molecule has 30 heavy (non-hydrogen) atoms. The zero-order valence-electron chi connectivity index (χ0n) is 16.0. The maximum atomic E-state index is 13.4. The molecule has 4 rings (SSSR count). The fourth-order valence-electron chi connectivity index (χ4n) is 3.13. The van der Waals surface area contributed by atoms with Crippen LogP contribution in [0.4, 0.5) is 8.78 Å². The highest BCUT2D eigenvalue weighted by Gasteiger charge is 2.14. The largest absolute Gasteiger partial charge is 0.394 e. The molecule has 0 aliphatic heterocycles. The fourth-order valence-corrected chi connectivity index (χ4v) is 3.13. The van der Waals surface area contributed by atoms with Crippen LogP contribution in [-0.2, 0) is 6.54 Å². The number of hydrogen-bond acceptors (Lipinski definition) is 3. The maximum Gasteiger partial charge on any atom is 0.123 e. The second-order valence-corrected chi connectivity index (χ2v) is 6.74. The normalized spacial score (nSPS) is 11.3. The average molecular weight is 403 g/mol. The predicted molar refractivity (Wildman–Crippen MR) is 113 cm³/mol. The third-order valence-electron chi connectivity index (χ3n) is 4.62. The number of pyridine rings is 1. The van der Waals surface area contributed by atoms with Gasteiger partial charge >= 0.3 is 0 Å². The van der Waals surface area contributed by atoms with Crippen LogP contribution in [0, 0.1) is 11.6 Å². The highest BCUT2D eigenvalue weighted by molar-refractivity contribution is 5.81. The molecule has 0 aliphatic carbocycles. The lowest BCUT2D eigenvalue weighted by Gasteiger charge is -2.04. The van der Waals surface area contributed by atoms with Crippen LogP contribution in [0.1, 0.15) is 11.3 Å². The Bertz CT molecular complexity index is 1170. The first-order valence-electron chi connectivity index (χ1n) is 9.47. The Balaban J connectivity index is 1.70. The summed E-state index contributed by atoms with van der Waals surface area (Å²) in [5.74, 6) is -0.590. The van der Waals surface area contributed by atoms with Crippen LogP contribution in [-0.4, -0.2) is 26.5 Å². The summed E-state index contributed by atoms with van der Waals surface area (Å²) in [5, 5.41) is 13.9. The van der Waals surface area contributed by atoms with Crippen LogP contribution < -0.4 is 0 Å². The Labute approximate surface area is 172 Å². The molecule has 0 amide bonds. The molecule has 2 aromatic heterocycles. The quantitative estimate of drug-likeness (QED) is 0.490. The first-order valence-corrected chi connectivity index (χ1v) is 9.47. The minimum Gasteiger partial charge on any atom is -0.394 e. The second kappa shape index (κ2) is 8.80. The van der Waals surface area contributed by atoms with Gasteiger partial charge in [-0.3, -0.25) is 9.67 Å². The predicted octanol–water partition coefficient (Wildman–Crippen LogP) is 5.05. The molecule has 0 bridgehead atoms. The van der Waals surface area contributed by atoms with E-state index in [2.05, 4.69) is 10.1 Å². The molecule has 0 aliphatic rings. The number of benzene rings is 2. The van der Waals surface area contributed by atoms with Gasteiger partial charge in [0.1, 0.15) is 17.3 Å². The first-order chi connectivity index (χ1) is 14.6. The minimum absolute atomic E-state index is 0.0357. The summed E-state index contributed by atoms with van der Waals surface area (Å²) < 4.78 is 28.1. The highest BCUT2D eigenvalue weighted by Crippen LogP contribution is 2.31. The summed E-state index contributed by atoms with van der Waals surface area (Å²) >= 11 is 0. The van der Waals surface area contributed by atoms with Gasteiger partial charge in [-0.25, -0.2) is 8.78 Å². The van der Waals surface area contributed by atoms with Crippen molar-refractivity contribution in [3.05, 3.63) is 95.9 Å². The monoisotopic (exact) mass is 403 g/mol. The van der Waals surface area contributed by atoms with Crippen molar-refractivity contribution in [1.82, 2.24) is 14.8 Å². The molecule has 0 saturated heterocycles. The van der Waals surface area contributed by atoms with E-state index in [1.54, 1.807) is 35.1 Å². The number of aliphatic hydroxyl groups excluding tert-OH is 1. The SMILES string of the molecule is OCCn1cc(-c2ccnc(C=Cc3ccc(F)cc3)c2)c(-c2ccc(F)cc2)n1. The molecule has 6 heteroatoms. The van der Waals surface area contributed by atoms with Crippen LogP contribution in [0.25, 0.3) is 34.5 Å². The van der Waals surface area contributed by atoms with E-state index in [4.69, 9.17) is 0 Å². The van der Waals surface area contributed by atoms with Crippen molar-refractivity contribution >= 4 is 12.2 Å². The Morgan fingerprint density at radius 2 is 1.57 bits per heavy atom. The lowest BCUT2D eigenvalue weighted by atomic mass is 10.0. The van der Waals surface area contributed by atoms with E-state index in [0.717, 1.165) is 27.9 Å². The van der Waals surface area contributed by atoms with Gasteiger partial charge in [0.15, 0.2) is 0 Å². The number of rotatable bonds is 6. The summed E-state index contributed by atoms with van der Waals surface area (Å²) in [7, 11) is 0. The molecular weight excluding hydrogens is 384 g/mol. The first kappa shape index (κ1) is 19.7. The molecule has 2 aromatic carbocycles. The molecule has 4 aromatic rings. The van der Waals surface area contributed by atoms with Crippen molar-refractivity contribution in [3.63, 3.8) is 0 Å². The van der Waals surface area contributed by atoms with Gasteiger partial charge in [-0.15, -0.1) is 0 Å². The molecule has 150 valence electrons. The minimum atomic E-state index is -0.313.